The minimum Gasteiger partial charge on any atom is -0.468 e. The van der Waals surface area contributed by atoms with E-state index in [2.05, 4.69) is 24.1 Å². The lowest BCUT2D eigenvalue weighted by Crippen LogP contribution is -2.45. The van der Waals surface area contributed by atoms with E-state index in [9.17, 15) is 0 Å². The summed E-state index contributed by atoms with van der Waals surface area (Å²) in [6.07, 6.45) is 4.46. The van der Waals surface area contributed by atoms with Gasteiger partial charge in [0.05, 0.1) is 12.8 Å². The van der Waals surface area contributed by atoms with Gasteiger partial charge in [0.1, 0.15) is 5.76 Å². The highest BCUT2D eigenvalue weighted by Gasteiger charge is 2.23. The topological polar surface area (TPSA) is 28.4 Å². The monoisotopic (exact) mass is 236 g/mol. The quantitative estimate of drug-likeness (QED) is 0.796. The summed E-state index contributed by atoms with van der Waals surface area (Å²) in [4.78, 5) is 2.60. The van der Waals surface area contributed by atoms with Gasteiger partial charge in [-0.25, -0.2) is 0 Å². The number of hydrogen-bond donors (Lipinski definition) is 1. The maximum absolute atomic E-state index is 5.29. The molecule has 0 aromatic carbocycles. The smallest absolute Gasteiger partial charge is 0.117 e. The van der Waals surface area contributed by atoms with E-state index < -0.39 is 0 Å². The number of furan rings is 1. The Morgan fingerprint density at radius 1 is 1.47 bits per heavy atom. The Kier molecular flexibility index (Phi) is 4.63. The van der Waals surface area contributed by atoms with Crippen molar-refractivity contribution in [1.82, 2.24) is 10.2 Å². The number of likely N-dealkylation sites (tertiary alicyclic amines) is 1. The summed E-state index contributed by atoms with van der Waals surface area (Å²) < 4.78 is 5.29. The summed E-state index contributed by atoms with van der Waals surface area (Å²) >= 11 is 0. The molecule has 1 aromatic heterocycles. The zero-order valence-corrected chi connectivity index (χ0v) is 11.0. The van der Waals surface area contributed by atoms with Crippen LogP contribution in [0.5, 0.6) is 0 Å². The number of nitrogens with zero attached hydrogens (tertiary/aromatic N) is 1. The van der Waals surface area contributed by atoms with Gasteiger partial charge < -0.3 is 9.73 Å². The van der Waals surface area contributed by atoms with Crippen molar-refractivity contribution < 1.29 is 4.42 Å². The SMILES string of the molecule is CC1CCCN(CCNCc2ccco2)C1C. The number of rotatable bonds is 5. The maximum atomic E-state index is 5.29. The molecule has 0 aliphatic carbocycles. The predicted octanol–water partition coefficient (Wildman–Crippen LogP) is 2.49. The summed E-state index contributed by atoms with van der Waals surface area (Å²) in [7, 11) is 0. The first-order chi connectivity index (χ1) is 8.27. The van der Waals surface area contributed by atoms with Gasteiger partial charge in [0, 0.05) is 19.1 Å². The first-order valence-electron chi connectivity index (χ1n) is 6.74. The Morgan fingerprint density at radius 2 is 2.35 bits per heavy atom. The molecule has 0 bridgehead atoms. The first kappa shape index (κ1) is 12.7. The molecule has 2 atom stereocenters. The van der Waals surface area contributed by atoms with E-state index in [-0.39, 0.29) is 0 Å². The van der Waals surface area contributed by atoms with Gasteiger partial charge in [-0.05, 0) is 44.4 Å². The summed E-state index contributed by atoms with van der Waals surface area (Å²) in [6, 6.07) is 4.68. The third-order valence-electron chi connectivity index (χ3n) is 3.96. The third-order valence-corrected chi connectivity index (χ3v) is 3.96. The van der Waals surface area contributed by atoms with Crippen LogP contribution in [0.3, 0.4) is 0 Å². The van der Waals surface area contributed by atoms with E-state index in [1.807, 2.05) is 12.1 Å². The van der Waals surface area contributed by atoms with Crippen LogP contribution in [0.2, 0.25) is 0 Å². The van der Waals surface area contributed by atoms with Crippen molar-refractivity contribution in [1.29, 1.82) is 0 Å². The van der Waals surface area contributed by atoms with Gasteiger partial charge in [-0.2, -0.15) is 0 Å². The van der Waals surface area contributed by atoms with Crippen LogP contribution < -0.4 is 5.32 Å². The van der Waals surface area contributed by atoms with Crippen molar-refractivity contribution in [2.45, 2.75) is 39.3 Å². The van der Waals surface area contributed by atoms with Crippen LogP contribution in [-0.2, 0) is 6.54 Å². The van der Waals surface area contributed by atoms with Crippen molar-refractivity contribution >= 4 is 0 Å². The van der Waals surface area contributed by atoms with E-state index in [1.54, 1.807) is 6.26 Å². The standard InChI is InChI=1S/C14H24N2O/c1-12-5-3-8-16(13(12)2)9-7-15-11-14-6-4-10-17-14/h4,6,10,12-13,15H,3,5,7-9,11H2,1-2H3. The molecule has 1 aliphatic rings. The van der Waals surface area contributed by atoms with Crippen molar-refractivity contribution in [3.8, 4) is 0 Å². The average Bonchev–Trinajstić information content (AvgIpc) is 2.83. The van der Waals surface area contributed by atoms with Crippen LogP contribution in [0, 0.1) is 5.92 Å². The zero-order valence-electron chi connectivity index (χ0n) is 11.0. The van der Waals surface area contributed by atoms with E-state index in [0.717, 1.165) is 37.4 Å². The number of nitrogens with one attached hydrogen (secondary N) is 1. The lowest BCUT2D eigenvalue weighted by atomic mass is 9.92. The first-order valence-corrected chi connectivity index (χ1v) is 6.74. The summed E-state index contributed by atoms with van der Waals surface area (Å²) in [5.41, 5.74) is 0. The van der Waals surface area contributed by atoms with Gasteiger partial charge in [-0.1, -0.05) is 6.92 Å². The molecule has 1 aliphatic heterocycles. The van der Waals surface area contributed by atoms with E-state index >= 15 is 0 Å². The molecule has 0 saturated carbocycles. The van der Waals surface area contributed by atoms with Gasteiger partial charge in [-0.15, -0.1) is 0 Å². The Morgan fingerprint density at radius 3 is 3.12 bits per heavy atom. The minimum atomic E-state index is 0.731. The maximum Gasteiger partial charge on any atom is 0.117 e. The molecule has 1 N–H and O–H groups in total. The van der Waals surface area contributed by atoms with Crippen molar-refractivity contribution in [2.75, 3.05) is 19.6 Å². The van der Waals surface area contributed by atoms with Crippen molar-refractivity contribution in [2.24, 2.45) is 5.92 Å². The lowest BCUT2D eigenvalue weighted by Gasteiger charge is -2.37. The fourth-order valence-electron chi connectivity index (χ4n) is 2.58. The molecule has 0 spiro atoms. The fourth-order valence-corrected chi connectivity index (χ4v) is 2.58. The van der Waals surface area contributed by atoms with Gasteiger partial charge in [-0.3, -0.25) is 4.90 Å². The molecule has 3 nitrogen and oxygen atoms in total. The molecule has 0 amide bonds. The predicted molar refractivity (Wildman–Crippen MR) is 69.8 cm³/mol. The van der Waals surface area contributed by atoms with Crippen molar-refractivity contribution in [3.63, 3.8) is 0 Å². The van der Waals surface area contributed by atoms with Gasteiger partial charge in [0.25, 0.3) is 0 Å². The van der Waals surface area contributed by atoms with E-state index in [4.69, 9.17) is 4.42 Å². The van der Waals surface area contributed by atoms with Gasteiger partial charge >= 0.3 is 0 Å². The molecule has 3 heteroatoms. The van der Waals surface area contributed by atoms with Crippen LogP contribution in [0.4, 0.5) is 0 Å². The van der Waals surface area contributed by atoms with Crippen molar-refractivity contribution in [3.05, 3.63) is 24.2 Å². The third kappa shape index (κ3) is 3.58. The summed E-state index contributed by atoms with van der Waals surface area (Å²) in [6.45, 7) is 9.01. The highest BCUT2D eigenvalue weighted by Crippen LogP contribution is 2.21. The van der Waals surface area contributed by atoms with E-state index in [1.165, 1.54) is 19.4 Å². The normalized spacial score (nSPS) is 26.2. The minimum absolute atomic E-state index is 0.731. The Labute approximate surface area is 104 Å². The zero-order chi connectivity index (χ0) is 12.1. The molecule has 1 saturated heterocycles. The Balaban J connectivity index is 1.64. The second-order valence-corrected chi connectivity index (χ2v) is 5.15. The number of piperidine rings is 1. The van der Waals surface area contributed by atoms with Crippen LogP contribution in [0.25, 0.3) is 0 Å². The van der Waals surface area contributed by atoms with Gasteiger partial charge in [0.15, 0.2) is 0 Å². The van der Waals surface area contributed by atoms with Crippen LogP contribution in [-0.4, -0.2) is 30.6 Å². The summed E-state index contributed by atoms with van der Waals surface area (Å²) in [5, 5.41) is 3.44. The second kappa shape index (κ2) is 6.22. The molecule has 2 heterocycles. The van der Waals surface area contributed by atoms with Crippen LogP contribution in [0.1, 0.15) is 32.4 Å². The largest absolute Gasteiger partial charge is 0.468 e. The Bertz CT molecular complexity index is 310. The molecule has 2 unspecified atom stereocenters. The molecule has 2 rings (SSSR count). The molecule has 17 heavy (non-hydrogen) atoms. The van der Waals surface area contributed by atoms with E-state index in [0.29, 0.717) is 0 Å². The average molecular weight is 236 g/mol. The molecular formula is C14H24N2O. The molecule has 0 radical (unpaired) electrons. The Hall–Kier alpha value is -0.800. The molecule has 1 aromatic rings. The molecular weight excluding hydrogens is 212 g/mol. The van der Waals surface area contributed by atoms with Crippen LogP contribution in [0.15, 0.2) is 22.8 Å². The fraction of sp³-hybridized carbons (Fsp3) is 0.714. The molecule has 1 fully saturated rings. The highest BCUT2D eigenvalue weighted by molar-refractivity contribution is 4.97. The van der Waals surface area contributed by atoms with Gasteiger partial charge in [0.2, 0.25) is 0 Å². The number of hydrogen-bond acceptors (Lipinski definition) is 3. The second-order valence-electron chi connectivity index (χ2n) is 5.15. The van der Waals surface area contributed by atoms with Crippen LogP contribution >= 0.6 is 0 Å². The highest BCUT2D eigenvalue weighted by atomic mass is 16.3. The molecule has 96 valence electrons. The summed E-state index contributed by atoms with van der Waals surface area (Å²) in [5.74, 6) is 1.86. The lowest BCUT2D eigenvalue weighted by molar-refractivity contribution is 0.114.